The summed E-state index contributed by atoms with van der Waals surface area (Å²) in [6.07, 6.45) is 2.95. The van der Waals surface area contributed by atoms with E-state index >= 15 is 0 Å². The fourth-order valence-electron chi connectivity index (χ4n) is 3.14. The molecule has 1 aromatic carbocycles. The first-order valence-electron chi connectivity index (χ1n) is 8.82. The number of nitrogens with zero attached hydrogens (tertiary/aromatic N) is 5. The summed E-state index contributed by atoms with van der Waals surface area (Å²) in [4.78, 5) is 14.8. The Balaban J connectivity index is 2.06. The maximum Gasteiger partial charge on any atom is 0.262 e. The number of rotatable bonds is 8. The van der Waals surface area contributed by atoms with Crippen molar-refractivity contribution in [1.29, 1.82) is 0 Å². The molecule has 0 radical (unpaired) electrons. The third-order valence-corrected chi connectivity index (χ3v) is 4.52. The number of para-hydroxylation sites is 1. The Kier molecular flexibility index (Phi) is 5.45. The zero-order chi connectivity index (χ0) is 17.8. The first-order valence-corrected chi connectivity index (χ1v) is 8.82. The third kappa shape index (κ3) is 3.43. The summed E-state index contributed by atoms with van der Waals surface area (Å²) >= 11 is 0. The zero-order valence-corrected chi connectivity index (χ0v) is 14.9. The number of aryl methyl sites for hydroxylation is 1. The lowest BCUT2D eigenvalue weighted by Crippen LogP contribution is -2.28. The first kappa shape index (κ1) is 17.6. The second-order valence-corrected chi connectivity index (χ2v) is 6.34. The molecule has 2 heterocycles. The second kappa shape index (κ2) is 7.76. The fraction of sp³-hybridized carbons (Fsp3) is 0.500. The van der Waals surface area contributed by atoms with Gasteiger partial charge in [-0.15, -0.1) is 10.2 Å². The molecule has 0 aliphatic heterocycles. The van der Waals surface area contributed by atoms with Crippen molar-refractivity contribution >= 4 is 16.7 Å². The zero-order valence-electron chi connectivity index (χ0n) is 14.9. The van der Waals surface area contributed by atoms with E-state index in [0.29, 0.717) is 17.7 Å². The molecule has 134 valence electrons. The van der Waals surface area contributed by atoms with Gasteiger partial charge in [-0.1, -0.05) is 25.5 Å². The molecule has 0 spiro atoms. The Morgan fingerprint density at radius 2 is 1.92 bits per heavy atom. The van der Waals surface area contributed by atoms with Gasteiger partial charge in [0.15, 0.2) is 5.82 Å². The molecule has 1 N–H and O–H groups in total. The number of aliphatic hydroxyl groups is 1. The van der Waals surface area contributed by atoms with E-state index < -0.39 is 0 Å². The van der Waals surface area contributed by atoms with Gasteiger partial charge in [-0.05, 0) is 31.5 Å². The summed E-state index contributed by atoms with van der Waals surface area (Å²) < 4.78 is 3.51. The summed E-state index contributed by atoms with van der Waals surface area (Å²) in [7, 11) is 1.73. The van der Waals surface area contributed by atoms with E-state index in [1.165, 1.54) is 0 Å². The quantitative estimate of drug-likeness (QED) is 0.672. The highest BCUT2D eigenvalue weighted by molar-refractivity contribution is 5.80. The van der Waals surface area contributed by atoms with E-state index in [0.717, 1.165) is 43.7 Å². The summed E-state index contributed by atoms with van der Waals surface area (Å²) in [5.74, 6) is 1.37. The van der Waals surface area contributed by atoms with Crippen LogP contribution >= 0.6 is 0 Å². The van der Waals surface area contributed by atoms with Crippen LogP contribution in [0.1, 0.15) is 32.0 Å². The van der Waals surface area contributed by atoms with E-state index in [4.69, 9.17) is 5.11 Å². The predicted octanol–water partition coefficient (Wildman–Crippen LogP) is 1.57. The molecule has 0 saturated heterocycles. The number of benzene rings is 1. The number of aromatic nitrogens is 4. The number of aliphatic hydroxyl groups excluding tert-OH is 1. The molecule has 0 amide bonds. The minimum Gasteiger partial charge on any atom is -0.396 e. The van der Waals surface area contributed by atoms with Crippen molar-refractivity contribution in [2.75, 3.05) is 19.7 Å². The van der Waals surface area contributed by atoms with E-state index in [9.17, 15) is 4.79 Å². The highest BCUT2D eigenvalue weighted by Gasteiger charge is 2.16. The summed E-state index contributed by atoms with van der Waals surface area (Å²) in [6, 6.07) is 7.56. The summed E-state index contributed by atoms with van der Waals surface area (Å²) in [6.45, 7) is 4.76. The Hall–Kier alpha value is -2.25. The number of fused-ring (bicyclic) bond motifs is 3. The van der Waals surface area contributed by atoms with Crippen molar-refractivity contribution in [2.45, 2.75) is 32.7 Å². The predicted molar refractivity (Wildman–Crippen MR) is 97.6 cm³/mol. The van der Waals surface area contributed by atoms with Crippen LogP contribution in [0.3, 0.4) is 0 Å². The number of unbranched alkanes of at least 4 members (excludes halogenated alkanes) is 1. The Morgan fingerprint density at radius 3 is 2.68 bits per heavy atom. The van der Waals surface area contributed by atoms with Crippen molar-refractivity contribution in [2.24, 2.45) is 7.05 Å². The number of hydrogen-bond donors (Lipinski definition) is 1. The van der Waals surface area contributed by atoms with Crippen molar-refractivity contribution < 1.29 is 5.11 Å². The van der Waals surface area contributed by atoms with Gasteiger partial charge in [0, 0.05) is 20.2 Å². The average Bonchev–Trinajstić information content (AvgIpc) is 3.05. The maximum atomic E-state index is 12.5. The van der Waals surface area contributed by atoms with Crippen LogP contribution in [0.4, 0.5) is 0 Å². The second-order valence-electron chi connectivity index (χ2n) is 6.34. The van der Waals surface area contributed by atoms with E-state index in [1.54, 1.807) is 11.6 Å². The lowest BCUT2D eigenvalue weighted by atomic mass is 10.2. The molecule has 3 aromatic rings. The molecule has 0 atom stereocenters. The average molecular weight is 343 g/mol. The van der Waals surface area contributed by atoms with Crippen LogP contribution in [0.15, 0.2) is 29.1 Å². The Labute approximate surface area is 146 Å². The molecule has 0 fully saturated rings. The lowest BCUT2D eigenvalue weighted by Gasteiger charge is -2.21. The monoisotopic (exact) mass is 343 g/mol. The molecule has 7 heteroatoms. The molecule has 7 nitrogen and oxygen atoms in total. The van der Waals surface area contributed by atoms with Gasteiger partial charge in [-0.3, -0.25) is 18.7 Å². The minimum absolute atomic E-state index is 0.0647. The van der Waals surface area contributed by atoms with Gasteiger partial charge in [0.2, 0.25) is 5.78 Å². The van der Waals surface area contributed by atoms with Gasteiger partial charge in [0.25, 0.3) is 5.56 Å². The molecule has 0 aliphatic rings. The normalized spacial score (nSPS) is 11.8. The summed E-state index contributed by atoms with van der Waals surface area (Å²) in [5, 5.41) is 18.4. The van der Waals surface area contributed by atoms with Crippen molar-refractivity contribution in [3.05, 3.63) is 40.4 Å². The van der Waals surface area contributed by atoms with Crippen molar-refractivity contribution in [3.63, 3.8) is 0 Å². The fourth-order valence-corrected chi connectivity index (χ4v) is 3.14. The highest BCUT2D eigenvalue weighted by atomic mass is 16.3. The number of hydrogen-bond acceptors (Lipinski definition) is 5. The van der Waals surface area contributed by atoms with Gasteiger partial charge >= 0.3 is 0 Å². The van der Waals surface area contributed by atoms with Crippen LogP contribution in [0.25, 0.3) is 16.7 Å². The minimum atomic E-state index is -0.0647. The standard InChI is InChI=1S/C18H25N5O2/c1-3-4-10-22(11-7-12-24)13-16-19-20-18-21(2)17(25)14-8-5-6-9-15(14)23(16)18/h5-6,8-9,24H,3-4,7,10-13H2,1-2H3. The smallest absolute Gasteiger partial charge is 0.262 e. The van der Waals surface area contributed by atoms with E-state index in [2.05, 4.69) is 22.0 Å². The van der Waals surface area contributed by atoms with E-state index in [-0.39, 0.29) is 12.2 Å². The van der Waals surface area contributed by atoms with Gasteiger partial charge in [-0.2, -0.15) is 0 Å². The molecule has 0 unspecified atom stereocenters. The topological polar surface area (TPSA) is 75.7 Å². The van der Waals surface area contributed by atoms with Crippen LogP contribution in [-0.4, -0.2) is 48.9 Å². The van der Waals surface area contributed by atoms with Crippen LogP contribution < -0.4 is 5.56 Å². The highest BCUT2D eigenvalue weighted by Crippen LogP contribution is 2.15. The maximum absolute atomic E-state index is 12.5. The van der Waals surface area contributed by atoms with Crippen LogP contribution in [0.5, 0.6) is 0 Å². The first-order chi connectivity index (χ1) is 12.2. The van der Waals surface area contributed by atoms with Gasteiger partial charge in [0.1, 0.15) is 0 Å². The largest absolute Gasteiger partial charge is 0.396 e. The SMILES string of the molecule is CCCCN(CCCO)Cc1nnc2n(C)c(=O)c3ccccc3n12. The molecule has 0 aliphatic carbocycles. The summed E-state index contributed by atoms with van der Waals surface area (Å²) in [5.41, 5.74) is 0.767. The van der Waals surface area contributed by atoms with E-state index in [1.807, 2.05) is 28.7 Å². The van der Waals surface area contributed by atoms with Crippen LogP contribution in [0.2, 0.25) is 0 Å². The molecule has 3 rings (SSSR count). The molecular formula is C18H25N5O2. The Morgan fingerprint density at radius 1 is 1.16 bits per heavy atom. The molecule has 25 heavy (non-hydrogen) atoms. The molecular weight excluding hydrogens is 318 g/mol. The molecule has 2 aromatic heterocycles. The Bertz CT molecular complexity index is 907. The van der Waals surface area contributed by atoms with Crippen molar-refractivity contribution in [1.82, 2.24) is 24.1 Å². The third-order valence-electron chi connectivity index (χ3n) is 4.52. The van der Waals surface area contributed by atoms with Crippen molar-refractivity contribution in [3.8, 4) is 0 Å². The van der Waals surface area contributed by atoms with Gasteiger partial charge < -0.3 is 5.11 Å². The van der Waals surface area contributed by atoms with Gasteiger partial charge in [-0.25, -0.2) is 0 Å². The van der Waals surface area contributed by atoms with Crippen LogP contribution in [-0.2, 0) is 13.6 Å². The van der Waals surface area contributed by atoms with Gasteiger partial charge in [0.05, 0.1) is 17.4 Å². The molecule has 0 saturated carbocycles. The van der Waals surface area contributed by atoms with Crippen LogP contribution in [0, 0.1) is 0 Å². The lowest BCUT2D eigenvalue weighted by molar-refractivity contribution is 0.212. The molecule has 0 bridgehead atoms.